The van der Waals surface area contributed by atoms with Gasteiger partial charge in [0, 0.05) is 6.54 Å². The summed E-state index contributed by atoms with van der Waals surface area (Å²) in [5.41, 5.74) is 1.56. The molecule has 0 saturated heterocycles. The lowest BCUT2D eigenvalue weighted by atomic mass is 9.86. The zero-order valence-electron chi connectivity index (χ0n) is 14.1. The molecule has 2 unspecified atom stereocenters. The molecule has 0 amide bonds. The zero-order chi connectivity index (χ0) is 20.1. The van der Waals surface area contributed by atoms with Crippen LogP contribution in [0.25, 0.3) is 0 Å². The van der Waals surface area contributed by atoms with Crippen LogP contribution in [0.5, 0.6) is 0 Å². The van der Waals surface area contributed by atoms with E-state index in [0.29, 0.717) is 12.5 Å². The Morgan fingerprint density at radius 2 is 1.77 bits per heavy atom. The molecule has 0 bridgehead atoms. The van der Waals surface area contributed by atoms with E-state index in [9.17, 15) is 31.1 Å². The predicted molar refractivity (Wildman–Crippen MR) is 83.3 cm³/mol. The summed E-state index contributed by atoms with van der Waals surface area (Å²) in [5, 5.41) is 9.03. The summed E-state index contributed by atoms with van der Waals surface area (Å²) in [6.45, 7) is 1.64. The number of aliphatic carboxylic acids is 1. The van der Waals surface area contributed by atoms with Crippen molar-refractivity contribution < 1.29 is 36.2 Å². The number of alkyl halides is 6. The van der Waals surface area contributed by atoms with Crippen molar-refractivity contribution in [3.8, 4) is 0 Å². The van der Waals surface area contributed by atoms with E-state index < -0.39 is 40.9 Å². The summed E-state index contributed by atoms with van der Waals surface area (Å²) in [5.74, 6) is -2.18. The van der Waals surface area contributed by atoms with Gasteiger partial charge in [-0.2, -0.15) is 26.3 Å². The predicted octanol–water partition coefficient (Wildman–Crippen LogP) is 4.73. The number of hydrogen-bond acceptors (Lipinski definition) is 2. The molecule has 2 atom stereocenters. The smallest absolute Gasteiger partial charge is 0.417 e. The lowest BCUT2D eigenvalue weighted by Gasteiger charge is -2.22. The van der Waals surface area contributed by atoms with E-state index >= 15 is 0 Å². The van der Waals surface area contributed by atoms with Crippen molar-refractivity contribution in [2.45, 2.75) is 45.0 Å². The number of aryl methyl sites for hydroxylation is 1. The Bertz CT molecular complexity index is 612. The molecular weight excluding hydrogens is 364 g/mol. The first-order valence-corrected chi connectivity index (χ1v) is 8.10. The third-order valence-electron chi connectivity index (χ3n) is 4.39. The molecule has 0 fully saturated rings. The van der Waals surface area contributed by atoms with Gasteiger partial charge in [0.2, 0.25) is 0 Å². The molecule has 3 nitrogen and oxygen atoms in total. The van der Waals surface area contributed by atoms with Crippen molar-refractivity contribution in [3.63, 3.8) is 0 Å². The van der Waals surface area contributed by atoms with E-state index in [1.54, 1.807) is 6.92 Å². The number of hydrogen-bond donors (Lipinski definition) is 2. The minimum absolute atomic E-state index is 0.108. The molecule has 9 heteroatoms. The molecule has 0 aliphatic carbocycles. The number of nitrogens with two attached hydrogens (primary N) is 1. The van der Waals surface area contributed by atoms with Crippen LogP contribution in [0.4, 0.5) is 26.3 Å². The molecule has 1 aromatic rings. The van der Waals surface area contributed by atoms with Crippen LogP contribution in [-0.2, 0) is 23.6 Å². The van der Waals surface area contributed by atoms with Crippen LogP contribution in [0.1, 0.15) is 42.9 Å². The fourth-order valence-electron chi connectivity index (χ4n) is 2.93. The summed E-state index contributed by atoms with van der Waals surface area (Å²) in [6, 6.07) is 2.40. The van der Waals surface area contributed by atoms with E-state index in [1.165, 1.54) is 0 Å². The molecule has 0 aliphatic heterocycles. The molecule has 0 saturated carbocycles. The number of benzene rings is 1. The van der Waals surface area contributed by atoms with Crippen LogP contribution in [0.2, 0.25) is 0 Å². The SMILES string of the molecule is CCC(CCc1cccc(C(F)(F)F)c1C(F)(F)F)CC(CN)C(=O)O. The Balaban J connectivity index is 3.07. The molecule has 1 rings (SSSR count). The maximum atomic E-state index is 13.2. The van der Waals surface area contributed by atoms with Gasteiger partial charge in [0.1, 0.15) is 0 Å². The summed E-state index contributed by atoms with van der Waals surface area (Å²) in [6.07, 6.45) is -9.67. The van der Waals surface area contributed by atoms with Crippen LogP contribution in [0.15, 0.2) is 18.2 Å². The number of carbonyl (C=O) groups is 1. The fraction of sp³-hybridized carbons (Fsp3) is 0.588. The first kappa shape index (κ1) is 22.3. The largest absolute Gasteiger partial charge is 0.481 e. The first-order chi connectivity index (χ1) is 11.9. The maximum absolute atomic E-state index is 13.2. The molecule has 1 aromatic carbocycles. The van der Waals surface area contributed by atoms with Gasteiger partial charge in [0.05, 0.1) is 17.0 Å². The van der Waals surface area contributed by atoms with E-state index in [-0.39, 0.29) is 31.7 Å². The molecule has 0 spiro atoms. The quantitative estimate of drug-likeness (QED) is 0.636. The summed E-state index contributed by atoms with van der Waals surface area (Å²) < 4.78 is 78.5. The fourth-order valence-corrected chi connectivity index (χ4v) is 2.93. The van der Waals surface area contributed by atoms with Crippen LogP contribution in [-0.4, -0.2) is 17.6 Å². The van der Waals surface area contributed by atoms with Crippen molar-refractivity contribution >= 4 is 5.97 Å². The van der Waals surface area contributed by atoms with Gasteiger partial charge in [-0.15, -0.1) is 0 Å². The van der Waals surface area contributed by atoms with E-state index in [0.717, 1.165) is 12.1 Å². The Kier molecular flexibility index (Phi) is 7.49. The Hall–Kier alpha value is -1.77. The molecule has 26 heavy (non-hydrogen) atoms. The van der Waals surface area contributed by atoms with Gasteiger partial charge in [-0.25, -0.2) is 0 Å². The molecule has 0 aromatic heterocycles. The highest BCUT2D eigenvalue weighted by Gasteiger charge is 2.44. The van der Waals surface area contributed by atoms with Crippen molar-refractivity contribution in [2.24, 2.45) is 17.6 Å². The van der Waals surface area contributed by atoms with Crippen molar-refractivity contribution in [1.82, 2.24) is 0 Å². The first-order valence-electron chi connectivity index (χ1n) is 8.10. The van der Waals surface area contributed by atoms with Gasteiger partial charge in [0.25, 0.3) is 0 Å². The normalized spacial score (nSPS) is 14.9. The Labute approximate surface area is 147 Å². The minimum Gasteiger partial charge on any atom is -0.481 e. The molecule has 0 radical (unpaired) electrons. The van der Waals surface area contributed by atoms with E-state index in [4.69, 9.17) is 10.8 Å². The second-order valence-electron chi connectivity index (χ2n) is 6.15. The lowest BCUT2D eigenvalue weighted by Crippen LogP contribution is -2.26. The highest BCUT2D eigenvalue weighted by Crippen LogP contribution is 2.42. The topological polar surface area (TPSA) is 63.3 Å². The molecule has 3 N–H and O–H groups in total. The maximum Gasteiger partial charge on any atom is 0.417 e. The van der Waals surface area contributed by atoms with Gasteiger partial charge < -0.3 is 10.8 Å². The van der Waals surface area contributed by atoms with E-state index in [2.05, 4.69) is 0 Å². The molecule has 0 heterocycles. The van der Waals surface area contributed by atoms with Crippen molar-refractivity contribution in [3.05, 3.63) is 34.9 Å². The van der Waals surface area contributed by atoms with Crippen LogP contribution in [0.3, 0.4) is 0 Å². The second-order valence-corrected chi connectivity index (χ2v) is 6.15. The molecule has 148 valence electrons. The molecule has 0 aliphatic rings. The highest BCUT2D eigenvalue weighted by molar-refractivity contribution is 5.70. The third kappa shape index (κ3) is 5.89. The number of carboxylic acid groups (broad SMARTS) is 1. The minimum atomic E-state index is -5.13. The Morgan fingerprint density at radius 3 is 2.19 bits per heavy atom. The average Bonchev–Trinajstić information content (AvgIpc) is 2.52. The van der Waals surface area contributed by atoms with Gasteiger partial charge in [-0.3, -0.25) is 4.79 Å². The standard InChI is InChI=1S/C17H21F6NO2/c1-2-10(8-12(9-24)15(25)26)6-7-11-4-3-5-13(16(18,19)20)14(11)17(21,22)23/h3-5,10,12H,2,6-9,24H2,1H3,(H,25,26). The van der Waals surface area contributed by atoms with Crippen LogP contribution in [0, 0.1) is 11.8 Å². The number of rotatable bonds is 8. The van der Waals surface area contributed by atoms with Gasteiger partial charge in [0.15, 0.2) is 0 Å². The van der Waals surface area contributed by atoms with Crippen molar-refractivity contribution in [1.29, 1.82) is 0 Å². The Morgan fingerprint density at radius 1 is 1.15 bits per heavy atom. The lowest BCUT2D eigenvalue weighted by molar-refractivity contribution is -0.162. The average molecular weight is 385 g/mol. The number of halogens is 6. The summed E-state index contributed by atoms with van der Waals surface area (Å²) >= 11 is 0. The zero-order valence-corrected chi connectivity index (χ0v) is 14.1. The van der Waals surface area contributed by atoms with Crippen molar-refractivity contribution in [2.75, 3.05) is 6.54 Å². The van der Waals surface area contributed by atoms with Gasteiger partial charge in [-0.1, -0.05) is 25.5 Å². The highest BCUT2D eigenvalue weighted by atomic mass is 19.4. The van der Waals surface area contributed by atoms with Gasteiger partial charge in [-0.05, 0) is 36.8 Å². The third-order valence-corrected chi connectivity index (χ3v) is 4.39. The summed E-state index contributed by atoms with van der Waals surface area (Å²) in [4.78, 5) is 11.0. The molecular formula is C17H21F6NO2. The summed E-state index contributed by atoms with van der Waals surface area (Å²) in [7, 11) is 0. The van der Waals surface area contributed by atoms with Crippen LogP contribution >= 0.6 is 0 Å². The van der Waals surface area contributed by atoms with Gasteiger partial charge >= 0.3 is 18.3 Å². The monoisotopic (exact) mass is 385 g/mol. The van der Waals surface area contributed by atoms with E-state index in [1.807, 2.05) is 0 Å². The second kappa shape index (κ2) is 8.75. The van der Waals surface area contributed by atoms with Crippen LogP contribution < -0.4 is 5.73 Å². The number of carboxylic acids is 1.